The van der Waals surface area contributed by atoms with Gasteiger partial charge in [-0.15, -0.1) is 11.3 Å². The highest BCUT2D eigenvalue weighted by atomic mass is 32.1. The predicted molar refractivity (Wildman–Crippen MR) is 140 cm³/mol. The number of hydrogen-bond donors (Lipinski definition) is 2. The second-order valence-electron chi connectivity index (χ2n) is 10.2. The summed E-state index contributed by atoms with van der Waals surface area (Å²) in [6.07, 6.45) is 2.14. The zero-order valence-electron chi connectivity index (χ0n) is 20.6. The number of carbonyl (C=O) groups is 2. The van der Waals surface area contributed by atoms with Gasteiger partial charge in [-0.1, -0.05) is 30.3 Å². The largest absolute Gasteiger partial charge is 0.365 e. The van der Waals surface area contributed by atoms with Gasteiger partial charge in [0.05, 0.1) is 27.7 Å². The van der Waals surface area contributed by atoms with E-state index in [1.165, 1.54) is 11.3 Å². The van der Waals surface area contributed by atoms with Gasteiger partial charge in [-0.2, -0.15) is 5.10 Å². The number of benzene rings is 1. The van der Waals surface area contributed by atoms with Gasteiger partial charge < -0.3 is 11.1 Å². The molecule has 1 aliphatic rings. The molecule has 1 aliphatic carbocycles. The number of hydrogen-bond acceptors (Lipinski definition) is 5. The standard InChI is InChI=1S/C27H29N5O2S/c1-14-20-18(13-19(16-11-12-16)29-24(20)32(31-14)27(3,4)5)25(34)30-26-22(23(28)33)21(15(2)35-26)17-9-7-6-8-10-17/h6-10,13,16H,11-12H2,1-5H3,(H2,28,33)(H,30,34). The monoisotopic (exact) mass is 487 g/mol. The number of primary amides is 1. The third-order valence-electron chi connectivity index (χ3n) is 6.33. The maximum Gasteiger partial charge on any atom is 0.257 e. The highest BCUT2D eigenvalue weighted by Gasteiger charge is 2.31. The average Bonchev–Trinajstić information content (AvgIpc) is 3.52. The number of anilines is 1. The first kappa shape index (κ1) is 23.2. The lowest BCUT2D eigenvalue weighted by atomic mass is 10.0. The summed E-state index contributed by atoms with van der Waals surface area (Å²) in [5, 5.41) is 8.94. The van der Waals surface area contributed by atoms with E-state index in [0.29, 0.717) is 27.7 Å². The highest BCUT2D eigenvalue weighted by Crippen LogP contribution is 2.42. The van der Waals surface area contributed by atoms with Gasteiger partial charge in [0.15, 0.2) is 5.65 Å². The van der Waals surface area contributed by atoms with Crippen LogP contribution in [0, 0.1) is 13.8 Å². The Kier molecular flexibility index (Phi) is 5.51. The molecular weight excluding hydrogens is 458 g/mol. The number of pyridine rings is 1. The van der Waals surface area contributed by atoms with Crippen molar-refractivity contribution in [2.45, 2.75) is 58.9 Å². The van der Waals surface area contributed by atoms with Crippen LogP contribution in [0.15, 0.2) is 36.4 Å². The SMILES string of the molecule is Cc1sc(NC(=O)c2cc(C3CC3)nc3c2c(C)nn3C(C)(C)C)c(C(N)=O)c1-c1ccccc1. The number of amides is 2. The molecule has 0 bridgehead atoms. The maximum absolute atomic E-state index is 13.7. The van der Waals surface area contributed by atoms with E-state index in [0.717, 1.165) is 45.6 Å². The Balaban J connectivity index is 1.63. The quantitative estimate of drug-likeness (QED) is 0.373. The second kappa shape index (κ2) is 8.30. The summed E-state index contributed by atoms with van der Waals surface area (Å²) in [6, 6.07) is 11.5. The first-order valence-electron chi connectivity index (χ1n) is 11.8. The molecule has 3 heterocycles. The van der Waals surface area contributed by atoms with Gasteiger partial charge in [-0.3, -0.25) is 9.59 Å². The average molecular weight is 488 g/mol. The molecule has 1 fully saturated rings. The highest BCUT2D eigenvalue weighted by molar-refractivity contribution is 7.17. The molecule has 0 radical (unpaired) electrons. The van der Waals surface area contributed by atoms with Crippen molar-refractivity contribution in [3.8, 4) is 11.1 Å². The van der Waals surface area contributed by atoms with Gasteiger partial charge in [-0.25, -0.2) is 9.67 Å². The summed E-state index contributed by atoms with van der Waals surface area (Å²) in [4.78, 5) is 32.1. The van der Waals surface area contributed by atoms with Gasteiger partial charge in [0, 0.05) is 22.1 Å². The van der Waals surface area contributed by atoms with Crippen molar-refractivity contribution in [1.82, 2.24) is 14.8 Å². The van der Waals surface area contributed by atoms with Crippen LogP contribution in [-0.4, -0.2) is 26.6 Å². The molecule has 5 rings (SSSR count). The van der Waals surface area contributed by atoms with Crippen LogP contribution in [-0.2, 0) is 5.54 Å². The zero-order chi connectivity index (χ0) is 25.1. The summed E-state index contributed by atoms with van der Waals surface area (Å²) in [5.41, 5.74) is 10.4. The molecule has 1 aromatic carbocycles. The summed E-state index contributed by atoms with van der Waals surface area (Å²) in [7, 11) is 0. The Morgan fingerprint density at radius 1 is 1.14 bits per heavy atom. The van der Waals surface area contributed by atoms with Crippen LogP contribution in [0.1, 0.15) is 76.5 Å². The van der Waals surface area contributed by atoms with Crippen molar-refractivity contribution in [3.05, 3.63) is 63.8 Å². The number of nitrogens with one attached hydrogen (secondary N) is 1. The number of rotatable bonds is 5. The third kappa shape index (κ3) is 4.12. The lowest BCUT2D eigenvalue weighted by molar-refractivity contribution is 0.100. The third-order valence-corrected chi connectivity index (χ3v) is 7.35. The predicted octanol–water partition coefficient (Wildman–Crippen LogP) is 5.76. The van der Waals surface area contributed by atoms with E-state index in [-0.39, 0.29) is 11.4 Å². The molecule has 4 aromatic rings. The Bertz CT molecular complexity index is 1470. The second-order valence-corrected chi connectivity index (χ2v) is 11.4. The van der Waals surface area contributed by atoms with E-state index >= 15 is 0 Å². The van der Waals surface area contributed by atoms with E-state index in [1.807, 2.05) is 54.9 Å². The van der Waals surface area contributed by atoms with Gasteiger partial charge in [0.1, 0.15) is 5.00 Å². The van der Waals surface area contributed by atoms with Crippen LogP contribution in [0.3, 0.4) is 0 Å². The van der Waals surface area contributed by atoms with Crippen molar-refractivity contribution in [2.24, 2.45) is 5.73 Å². The maximum atomic E-state index is 13.7. The summed E-state index contributed by atoms with van der Waals surface area (Å²) < 4.78 is 1.90. The van der Waals surface area contributed by atoms with Crippen LogP contribution in [0.2, 0.25) is 0 Å². The fourth-order valence-electron chi connectivity index (χ4n) is 4.53. The number of fused-ring (bicyclic) bond motifs is 1. The fraction of sp³-hybridized carbons (Fsp3) is 0.333. The first-order chi connectivity index (χ1) is 16.6. The van der Waals surface area contributed by atoms with Crippen molar-refractivity contribution < 1.29 is 9.59 Å². The van der Waals surface area contributed by atoms with Crippen LogP contribution in [0.5, 0.6) is 0 Å². The number of nitrogens with two attached hydrogens (primary N) is 1. The van der Waals surface area contributed by atoms with Crippen molar-refractivity contribution in [1.29, 1.82) is 0 Å². The van der Waals surface area contributed by atoms with Crippen LogP contribution < -0.4 is 11.1 Å². The number of carbonyl (C=O) groups excluding carboxylic acids is 2. The Morgan fingerprint density at radius 3 is 2.43 bits per heavy atom. The van der Waals surface area contributed by atoms with Crippen LogP contribution in [0.25, 0.3) is 22.2 Å². The van der Waals surface area contributed by atoms with E-state index in [9.17, 15) is 9.59 Å². The summed E-state index contributed by atoms with van der Waals surface area (Å²) in [6.45, 7) is 10.0. The van der Waals surface area contributed by atoms with E-state index in [2.05, 4.69) is 26.1 Å². The van der Waals surface area contributed by atoms with Crippen molar-refractivity contribution in [3.63, 3.8) is 0 Å². The molecule has 0 atom stereocenters. The molecular formula is C27H29N5O2S. The first-order valence-corrected chi connectivity index (χ1v) is 12.6. The minimum atomic E-state index is -0.571. The van der Waals surface area contributed by atoms with Crippen LogP contribution in [0.4, 0.5) is 5.00 Å². The molecule has 2 amide bonds. The summed E-state index contributed by atoms with van der Waals surface area (Å²) in [5.74, 6) is -0.498. The topological polar surface area (TPSA) is 103 Å². The number of aromatic nitrogens is 3. The molecule has 0 saturated heterocycles. The van der Waals surface area contributed by atoms with E-state index < -0.39 is 5.91 Å². The minimum Gasteiger partial charge on any atom is -0.365 e. The normalized spacial score (nSPS) is 13.9. The lowest BCUT2D eigenvalue weighted by Gasteiger charge is -2.20. The molecule has 0 spiro atoms. The fourth-order valence-corrected chi connectivity index (χ4v) is 5.61. The molecule has 180 valence electrons. The Labute approximate surface area is 208 Å². The molecule has 0 aliphatic heterocycles. The minimum absolute atomic E-state index is 0.288. The van der Waals surface area contributed by atoms with Gasteiger partial charge >= 0.3 is 0 Å². The van der Waals surface area contributed by atoms with Crippen LogP contribution >= 0.6 is 11.3 Å². The molecule has 3 N–H and O–H groups in total. The lowest BCUT2D eigenvalue weighted by Crippen LogP contribution is -2.24. The van der Waals surface area contributed by atoms with Crippen molar-refractivity contribution >= 4 is 39.2 Å². The molecule has 0 unspecified atom stereocenters. The molecule has 8 heteroatoms. The molecule has 1 saturated carbocycles. The number of thiophene rings is 1. The number of aryl methyl sites for hydroxylation is 2. The Morgan fingerprint density at radius 2 is 1.83 bits per heavy atom. The van der Waals surface area contributed by atoms with Crippen molar-refractivity contribution in [2.75, 3.05) is 5.32 Å². The molecule has 35 heavy (non-hydrogen) atoms. The summed E-state index contributed by atoms with van der Waals surface area (Å²) >= 11 is 1.36. The molecule has 7 nitrogen and oxygen atoms in total. The zero-order valence-corrected chi connectivity index (χ0v) is 21.4. The van der Waals surface area contributed by atoms with E-state index in [4.69, 9.17) is 15.8 Å². The smallest absolute Gasteiger partial charge is 0.257 e. The van der Waals surface area contributed by atoms with Gasteiger partial charge in [0.2, 0.25) is 0 Å². The Hall–Kier alpha value is -3.52. The number of nitrogens with zero attached hydrogens (tertiary/aromatic N) is 3. The van der Waals surface area contributed by atoms with Gasteiger partial charge in [-0.05, 0) is 59.1 Å². The van der Waals surface area contributed by atoms with E-state index in [1.54, 1.807) is 0 Å². The van der Waals surface area contributed by atoms with Gasteiger partial charge in [0.25, 0.3) is 11.8 Å². The molecule has 3 aromatic heterocycles.